The van der Waals surface area contributed by atoms with Crippen molar-refractivity contribution in [3.05, 3.63) is 34.9 Å². The Morgan fingerprint density at radius 3 is 2.75 bits per heavy atom. The Morgan fingerprint density at radius 2 is 2.17 bits per heavy atom. The summed E-state index contributed by atoms with van der Waals surface area (Å²) in [6, 6.07) is 8.05. The fourth-order valence-corrected chi connectivity index (χ4v) is 1.94. The van der Waals surface area contributed by atoms with Gasteiger partial charge in [-0.3, -0.25) is 0 Å². The van der Waals surface area contributed by atoms with Crippen molar-refractivity contribution in [3.8, 4) is 0 Å². The van der Waals surface area contributed by atoms with E-state index in [2.05, 4.69) is 6.07 Å². The first kappa shape index (κ1) is 8.09. The van der Waals surface area contributed by atoms with Crippen molar-refractivity contribution >= 4 is 11.6 Å². The average Bonchev–Trinajstić information content (AvgIpc) is 2.84. The molecule has 1 aromatic rings. The molecule has 1 aliphatic rings. The van der Waals surface area contributed by atoms with Crippen LogP contribution in [0.3, 0.4) is 0 Å². The third-order valence-electron chi connectivity index (χ3n) is 2.53. The minimum atomic E-state index is 0.628. The summed E-state index contributed by atoms with van der Waals surface area (Å²) in [5.41, 5.74) is 6.84. The monoisotopic (exact) mass is 181 g/mol. The molecule has 2 heteroatoms. The Balaban J connectivity index is 2.19. The quantitative estimate of drug-likeness (QED) is 0.745. The van der Waals surface area contributed by atoms with E-state index in [1.54, 1.807) is 0 Å². The Kier molecular flexibility index (Phi) is 2.07. The van der Waals surface area contributed by atoms with Crippen molar-refractivity contribution < 1.29 is 0 Å². The van der Waals surface area contributed by atoms with Crippen LogP contribution in [0.1, 0.15) is 17.9 Å². The Hall–Kier alpha value is -0.530. The number of hydrogen-bond donors (Lipinski definition) is 1. The molecule has 2 rings (SSSR count). The summed E-state index contributed by atoms with van der Waals surface area (Å²) in [4.78, 5) is 0. The van der Waals surface area contributed by atoms with Gasteiger partial charge in [0, 0.05) is 5.02 Å². The predicted octanol–water partition coefficient (Wildman–Crippen LogP) is 2.40. The topological polar surface area (TPSA) is 26.0 Å². The van der Waals surface area contributed by atoms with Gasteiger partial charge in [-0.25, -0.2) is 0 Å². The zero-order valence-electron chi connectivity index (χ0n) is 6.83. The normalized spacial score (nSPS) is 27.2. The summed E-state index contributed by atoms with van der Waals surface area (Å²) in [6.07, 6.45) is 1.21. The Bertz CT molecular complexity index is 285. The maximum atomic E-state index is 6.04. The van der Waals surface area contributed by atoms with Crippen molar-refractivity contribution in [3.63, 3.8) is 0 Å². The van der Waals surface area contributed by atoms with Crippen molar-refractivity contribution in [1.82, 2.24) is 0 Å². The fourth-order valence-electron chi connectivity index (χ4n) is 1.66. The summed E-state index contributed by atoms with van der Waals surface area (Å²) >= 11 is 6.04. The molecule has 1 aliphatic carbocycles. The molecule has 1 fully saturated rings. The van der Waals surface area contributed by atoms with E-state index in [1.807, 2.05) is 18.2 Å². The summed E-state index contributed by atoms with van der Waals surface area (Å²) in [6.45, 7) is 0.788. The van der Waals surface area contributed by atoms with Crippen LogP contribution in [-0.2, 0) is 0 Å². The first-order chi connectivity index (χ1) is 5.83. The van der Waals surface area contributed by atoms with Gasteiger partial charge in [0.05, 0.1) is 0 Å². The van der Waals surface area contributed by atoms with Gasteiger partial charge >= 0.3 is 0 Å². The number of halogens is 1. The second-order valence-electron chi connectivity index (χ2n) is 3.36. The molecule has 0 bridgehead atoms. The molecular weight excluding hydrogens is 170 g/mol. The molecule has 1 nitrogen and oxygen atoms in total. The highest BCUT2D eigenvalue weighted by Crippen LogP contribution is 2.48. The molecule has 2 atom stereocenters. The van der Waals surface area contributed by atoms with Crippen LogP contribution in [0.5, 0.6) is 0 Å². The van der Waals surface area contributed by atoms with Crippen LogP contribution in [0.4, 0.5) is 0 Å². The van der Waals surface area contributed by atoms with E-state index < -0.39 is 0 Å². The van der Waals surface area contributed by atoms with Crippen LogP contribution < -0.4 is 5.73 Å². The lowest BCUT2D eigenvalue weighted by Crippen LogP contribution is -2.01. The summed E-state index contributed by atoms with van der Waals surface area (Å²) in [5, 5.41) is 0.887. The van der Waals surface area contributed by atoms with Crippen LogP contribution in [0, 0.1) is 5.92 Å². The van der Waals surface area contributed by atoms with Crippen LogP contribution in [0.25, 0.3) is 0 Å². The molecular formula is C10H12ClN. The third-order valence-corrected chi connectivity index (χ3v) is 2.87. The van der Waals surface area contributed by atoms with Crippen LogP contribution in [0.2, 0.25) is 5.02 Å². The molecule has 0 aromatic heterocycles. The van der Waals surface area contributed by atoms with E-state index in [1.165, 1.54) is 12.0 Å². The molecule has 12 heavy (non-hydrogen) atoms. The third kappa shape index (κ3) is 1.35. The Morgan fingerprint density at radius 1 is 1.42 bits per heavy atom. The lowest BCUT2D eigenvalue weighted by atomic mass is 10.1. The number of benzene rings is 1. The first-order valence-corrected chi connectivity index (χ1v) is 4.65. The highest BCUT2D eigenvalue weighted by Gasteiger charge is 2.37. The van der Waals surface area contributed by atoms with Gasteiger partial charge in [0.15, 0.2) is 0 Å². The second-order valence-corrected chi connectivity index (χ2v) is 3.77. The molecule has 64 valence electrons. The summed E-state index contributed by atoms with van der Waals surface area (Å²) in [5.74, 6) is 1.30. The molecule has 0 spiro atoms. The summed E-state index contributed by atoms with van der Waals surface area (Å²) in [7, 11) is 0. The highest BCUT2D eigenvalue weighted by atomic mass is 35.5. The lowest BCUT2D eigenvalue weighted by molar-refractivity contribution is 0.810. The van der Waals surface area contributed by atoms with Crippen LogP contribution in [0.15, 0.2) is 24.3 Å². The minimum absolute atomic E-state index is 0.628. The molecule has 1 aromatic carbocycles. The van der Waals surface area contributed by atoms with Gasteiger partial charge in [-0.05, 0) is 36.4 Å². The van der Waals surface area contributed by atoms with E-state index >= 15 is 0 Å². The van der Waals surface area contributed by atoms with Gasteiger partial charge in [-0.2, -0.15) is 0 Å². The van der Waals surface area contributed by atoms with Gasteiger partial charge in [0.25, 0.3) is 0 Å². The van der Waals surface area contributed by atoms with Crippen LogP contribution >= 0.6 is 11.6 Å². The van der Waals surface area contributed by atoms with Crippen molar-refractivity contribution in [2.45, 2.75) is 12.3 Å². The van der Waals surface area contributed by atoms with Crippen molar-refractivity contribution in [2.75, 3.05) is 6.54 Å². The maximum absolute atomic E-state index is 6.04. The molecule has 2 N–H and O–H groups in total. The fraction of sp³-hybridized carbons (Fsp3) is 0.400. The number of rotatable bonds is 2. The standard InChI is InChI=1S/C10H12ClN/c11-10-4-2-1-3-8(10)9-5-7(9)6-12/h1-4,7,9H,5-6,12H2/t7-,9?/m0/s1. The molecule has 0 heterocycles. The largest absolute Gasteiger partial charge is 0.330 e. The number of nitrogens with two attached hydrogens (primary N) is 1. The van der Waals surface area contributed by atoms with E-state index in [4.69, 9.17) is 17.3 Å². The molecule has 1 saturated carbocycles. The number of hydrogen-bond acceptors (Lipinski definition) is 1. The van der Waals surface area contributed by atoms with Gasteiger partial charge < -0.3 is 5.73 Å². The smallest absolute Gasteiger partial charge is 0.0440 e. The minimum Gasteiger partial charge on any atom is -0.330 e. The molecule has 0 aliphatic heterocycles. The summed E-state index contributed by atoms with van der Waals surface area (Å²) < 4.78 is 0. The molecule has 1 unspecified atom stereocenters. The second kappa shape index (κ2) is 3.08. The maximum Gasteiger partial charge on any atom is 0.0440 e. The van der Waals surface area contributed by atoms with E-state index in [0.29, 0.717) is 11.8 Å². The van der Waals surface area contributed by atoms with Gasteiger partial charge in [0.1, 0.15) is 0 Å². The zero-order chi connectivity index (χ0) is 8.55. The lowest BCUT2D eigenvalue weighted by Gasteiger charge is -2.01. The van der Waals surface area contributed by atoms with Gasteiger partial charge in [-0.15, -0.1) is 0 Å². The SMILES string of the molecule is NC[C@@H]1CC1c1ccccc1Cl. The van der Waals surface area contributed by atoms with Crippen LogP contribution in [-0.4, -0.2) is 6.54 Å². The van der Waals surface area contributed by atoms with E-state index in [9.17, 15) is 0 Å². The average molecular weight is 182 g/mol. The van der Waals surface area contributed by atoms with E-state index in [0.717, 1.165) is 11.6 Å². The molecule has 0 amide bonds. The Labute approximate surface area is 77.5 Å². The first-order valence-electron chi connectivity index (χ1n) is 4.27. The highest BCUT2D eigenvalue weighted by molar-refractivity contribution is 6.31. The zero-order valence-corrected chi connectivity index (χ0v) is 7.59. The van der Waals surface area contributed by atoms with Crippen molar-refractivity contribution in [2.24, 2.45) is 11.7 Å². The predicted molar refractivity (Wildman–Crippen MR) is 51.4 cm³/mol. The van der Waals surface area contributed by atoms with Gasteiger partial charge in [-0.1, -0.05) is 29.8 Å². The van der Waals surface area contributed by atoms with E-state index in [-0.39, 0.29) is 0 Å². The molecule has 0 saturated heterocycles. The molecule has 0 radical (unpaired) electrons. The van der Waals surface area contributed by atoms with Crippen molar-refractivity contribution in [1.29, 1.82) is 0 Å². The van der Waals surface area contributed by atoms with Gasteiger partial charge in [0.2, 0.25) is 0 Å².